The Morgan fingerprint density at radius 3 is 2.50 bits per heavy atom. The highest BCUT2D eigenvalue weighted by molar-refractivity contribution is 7.88. The maximum atomic E-state index is 12.4. The van der Waals surface area contributed by atoms with Crippen molar-refractivity contribution in [3.8, 4) is 0 Å². The average molecular weight is 305 g/mol. The van der Waals surface area contributed by atoms with Crippen LogP contribution < -0.4 is 5.73 Å². The highest BCUT2D eigenvalue weighted by Gasteiger charge is 2.63. The minimum atomic E-state index is -3.49. The zero-order valence-corrected chi connectivity index (χ0v) is 12.3. The highest BCUT2D eigenvalue weighted by atomic mass is 32.2. The standard InChI is InChI=1S/C11H19N3O5S/c1-7(15)8(9(12)16)13-6-11(10(13)17)4-3-5-14(11)20(2,18)19/h7-8,15H,3-6H2,1-2H3,(H2,12,16)/t7-,8?,11-/m1/s1. The van der Waals surface area contributed by atoms with Crippen molar-refractivity contribution in [2.24, 2.45) is 5.73 Å². The van der Waals surface area contributed by atoms with Crippen LogP contribution in [0.15, 0.2) is 0 Å². The Morgan fingerprint density at radius 1 is 1.50 bits per heavy atom. The third-order valence-electron chi connectivity index (χ3n) is 4.00. The van der Waals surface area contributed by atoms with Gasteiger partial charge in [0.25, 0.3) is 0 Å². The smallest absolute Gasteiger partial charge is 0.246 e. The number of carbonyl (C=O) groups is 2. The van der Waals surface area contributed by atoms with Crippen molar-refractivity contribution >= 4 is 21.8 Å². The second-order valence-electron chi connectivity index (χ2n) is 5.49. The lowest BCUT2D eigenvalue weighted by molar-refractivity contribution is -0.167. The molecule has 2 rings (SSSR count). The zero-order chi connectivity index (χ0) is 15.3. The van der Waals surface area contributed by atoms with Gasteiger partial charge in [-0.2, -0.15) is 4.31 Å². The summed E-state index contributed by atoms with van der Waals surface area (Å²) in [6, 6.07) is -1.12. The summed E-state index contributed by atoms with van der Waals surface area (Å²) in [6.07, 6.45) is 1.00. The van der Waals surface area contributed by atoms with Gasteiger partial charge < -0.3 is 15.7 Å². The van der Waals surface area contributed by atoms with Crippen LogP contribution in [0.1, 0.15) is 19.8 Å². The molecule has 0 radical (unpaired) electrons. The van der Waals surface area contributed by atoms with E-state index < -0.39 is 39.5 Å². The minimum Gasteiger partial charge on any atom is -0.391 e. The number of amides is 2. The van der Waals surface area contributed by atoms with Gasteiger partial charge in [-0.3, -0.25) is 9.59 Å². The summed E-state index contributed by atoms with van der Waals surface area (Å²) in [5.41, 5.74) is 4.11. The topological polar surface area (TPSA) is 121 Å². The number of hydrogen-bond donors (Lipinski definition) is 2. The van der Waals surface area contributed by atoms with Crippen LogP contribution in [0.4, 0.5) is 0 Å². The molecule has 3 atom stereocenters. The van der Waals surface area contributed by atoms with Gasteiger partial charge in [-0.1, -0.05) is 0 Å². The van der Waals surface area contributed by atoms with Gasteiger partial charge in [-0.05, 0) is 19.8 Å². The molecule has 0 saturated carbocycles. The Balaban J connectivity index is 2.25. The fraction of sp³-hybridized carbons (Fsp3) is 0.818. The third-order valence-corrected chi connectivity index (χ3v) is 5.34. The summed E-state index contributed by atoms with van der Waals surface area (Å²) in [6.45, 7) is 1.77. The maximum Gasteiger partial charge on any atom is 0.246 e. The van der Waals surface area contributed by atoms with Crippen LogP contribution in [0.25, 0.3) is 0 Å². The van der Waals surface area contributed by atoms with Gasteiger partial charge in [-0.25, -0.2) is 8.42 Å². The van der Waals surface area contributed by atoms with Crippen molar-refractivity contribution in [1.29, 1.82) is 0 Å². The van der Waals surface area contributed by atoms with Gasteiger partial charge in [0, 0.05) is 6.54 Å². The zero-order valence-electron chi connectivity index (χ0n) is 11.4. The van der Waals surface area contributed by atoms with Gasteiger partial charge in [0.1, 0.15) is 11.6 Å². The van der Waals surface area contributed by atoms with Crippen molar-refractivity contribution in [1.82, 2.24) is 9.21 Å². The number of β-lactam (4-membered cyclic amide) rings is 1. The Hall–Kier alpha value is -1.19. The van der Waals surface area contributed by atoms with E-state index in [2.05, 4.69) is 0 Å². The normalized spacial score (nSPS) is 30.4. The number of likely N-dealkylation sites (tertiary alicyclic amines) is 1. The first kappa shape index (κ1) is 15.2. The van der Waals surface area contributed by atoms with Gasteiger partial charge >= 0.3 is 0 Å². The summed E-state index contributed by atoms with van der Waals surface area (Å²) in [4.78, 5) is 24.9. The van der Waals surface area contributed by atoms with E-state index in [0.29, 0.717) is 19.4 Å². The molecule has 0 aromatic rings. The maximum absolute atomic E-state index is 12.4. The van der Waals surface area contributed by atoms with Crippen LogP contribution >= 0.6 is 0 Å². The van der Waals surface area contributed by atoms with Crippen molar-refractivity contribution < 1.29 is 23.1 Å². The van der Waals surface area contributed by atoms with E-state index >= 15 is 0 Å². The van der Waals surface area contributed by atoms with Crippen molar-refractivity contribution in [2.45, 2.75) is 37.5 Å². The Morgan fingerprint density at radius 2 is 2.10 bits per heavy atom. The summed E-state index contributed by atoms with van der Waals surface area (Å²) in [5, 5.41) is 9.57. The van der Waals surface area contributed by atoms with Crippen LogP contribution in [0.3, 0.4) is 0 Å². The predicted octanol–water partition coefficient (Wildman–Crippen LogP) is -2.14. The molecular weight excluding hydrogens is 286 g/mol. The van der Waals surface area contributed by atoms with Crippen LogP contribution in [0, 0.1) is 0 Å². The van der Waals surface area contributed by atoms with E-state index in [4.69, 9.17) is 5.73 Å². The number of primary amides is 1. The molecule has 114 valence electrons. The van der Waals surface area contributed by atoms with E-state index in [0.717, 1.165) is 11.2 Å². The molecule has 3 N–H and O–H groups in total. The van der Waals surface area contributed by atoms with Gasteiger partial charge in [-0.15, -0.1) is 0 Å². The summed E-state index contributed by atoms with van der Waals surface area (Å²) in [5.74, 6) is -1.25. The first-order valence-corrected chi connectivity index (χ1v) is 8.22. The SMILES string of the molecule is C[C@@H](O)C(C(N)=O)N1C[C@]2(CCCN2S(C)(=O)=O)C1=O. The molecule has 1 unspecified atom stereocenters. The molecule has 0 aromatic carbocycles. The summed E-state index contributed by atoms with van der Waals surface area (Å²) >= 11 is 0. The molecule has 8 nitrogen and oxygen atoms in total. The molecule has 20 heavy (non-hydrogen) atoms. The molecular formula is C11H19N3O5S. The largest absolute Gasteiger partial charge is 0.391 e. The Kier molecular flexibility index (Phi) is 3.55. The second-order valence-corrected chi connectivity index (χ2v) is 7.40. The van der Waals surface area contributed by atoms with E-state index in [1.54, 1.807) is 0 Å². The molecule has 0 bridgehead atoms. The molecule has 2 aliphatic heterocycles. The molecule has 1 spiro atoms. The Bertz CT molecular complexity index is 546. The number of rotatable bonds is 4. The third kappa shape index (κ3) is 2.09. The van der Waals surface area contributed by atoms with Crippen LogP contribution in [0.2, 0.25) is 0 Å². The first-order valence-electron chi connectivity index (χ1n) is 6.37. The van der Waals surface area contributed by atoms with E-state index in [1.807, 2.05) is 0 Å². The van der Waals surface area contributed by atoms with Gasteiger partial charge in [0.15, 0.2) is 0 Å². The van der Waals surface area contributed by atoms with Crippen LogP contribution in [-0.4, -0.2) is 71.6 Å². The lowest BCUT2D eigenvalue weighted by atomic mass is 9.84. The molecule has 0 aromatic heterocycles. The predicted molar refractivity (Wildman–Crippen MR) is 69.9 cm³/mol. The number of nitrogens with two attached hydrogens (primary N) is 1. The molecule has 2 saturated heterocycles. The quantitative estimate of drug-likeness (QED) is 0.574. The fourth-order valence-electron chi connectivity index (χ4n) is 3.18. The van der Waals surface area contributed by atoms with Crippen molar-refractivity contribution in [3.63, 3.8) is 0 Å². The molecule has 9 heteroatoms. The van der Waals surface area contributed by atoms with Gasteiger partial charge in [0.2, 0.25) is 21.8 Å². The van der Waals surface area contributed by atoms with Crippen LogP contribution in [-0.2, 0) is 19.6 Å². The number of nitrogens with zero attached hydrogens (tertiary/aromatic N) is 2. The monoisotopic (exact) mass is 305 g/mol. The summed E-state index contributed by atoms with van der Waals surface area (Å²) < 4.78 is 24.7. The summed E-state index contributed by atoms with van der Waals surface area (Å²) in [7, 11) is -3.49. The lowest BCUT2D eigenvalue weighted by Crippen LogP contribution is -2.76. The second kappa shape index (κ2) is 4.68. The number of carbonyl (C=O) groups excluding carboxylic acids is 2. The molecule has 2 amide bonds. The highest BCUT2D eigenvalue weighted by Crippen LogP contribution is 2.41. The lowest BCUT2D eigenvalue weighted by Gasteiger charge is -2.52. The van der Waals surface area contributed by atoms with Crippen molar-refractivity contribution in [2.75, 3.05) is 19.3 Å². The molecule has 2 heterocycles. The van der Waals surface area contributed by atoms with E-state index in [9.17, 15) is 23.1 Å². The van der Waals surface area contributed by atoms with E-state index in [-0.39, 0.29) is 6.54 Å². The van der Waals surface area contributed by atoms with Gasteiger partial charge in [0.05, 0.1) is 18.9 Å². The molecule has 0 aliphatic carbocycles. The first-order chi connectivity index (χ1) is 9.11. The van der Waals surface area contributed by atoms with E-state index in [1.165, 1.54) is 11.2 Å². The van der Waals surface area contributed by atoms with Crippen LogP contribution in [0.5, 0.6) is 0 Å². The molecule has 2 fully saturated rings. The average Bonchev–Trinajstić information content (AvgIpc) is 2.73. The Labute approximate surface area is 117 Å². The number of aliphatic hydroxyl groups excluding tert-OH is 1. The van der Waals surface area contributed by atoms with Crippen molar-refractivity contribution in [3.05, 3.63) is 0 Å². The fourth-order valence-corrected chi connectivity index (χ4v) is 4.51. The molecule has 2 aliphatic rings. The number of aliphatic hydroxyl groups is 1. The number of sulfonamides is 1. The minimum absolute atomic E-state index is 0.0947. The number of hydrogen-bond acceptors (Lipinski definition) is 5.